The van der Waals surface area contributed by atoms with Gasteiger partial charge in [-0.25, -0.2) is 4.79 Å². The van der Waals surface area contributed by atoms with Crippen molar-refractivity contribution in [2.24, 2.45) is 0 Å². The molecule has 9 nitrogen and oxygen atoms in total. The van der Waals surface area contributed by atoms with E-state index in [0.717, 1.165) is 103 Å². The number of quaternary nitrogens is 1. The minimum Gasteiger partial charge on any atom is -0.477 e. The second-order valence-electron chi connectivity index (χ2n) is 16.7. The zero-order chi connectivity index (χ0) is 43.5. The molecule has 0 heterocycles. The van der Waals surface area contributed by atoms with Crippen molar-refractivity contribution in [2.75, 3.05) is 47.5 Å². The molecule has 0 saturated heterocycles. The summed E-state index contributed by atoms with van der Waals surface area (Å²) in [6, 6.07) is 0. The van der Waals surface area contributed by atoms with Crippen LogP contribution >= 0.6 is 0 Å². The molecule has 0 aliphatic rings. The van der Waals surface area contributed by atoms with Crippen LogP contribution < -0.4 is 0 Å². The summed E-state index contributed by atoms with van der Waals surface area (Å²) >= 11 is 0. The number of carboxylic acid groups (broad SMARTS) is 1. The number of aliphatic carboxylic acids is 1. The minimum atomic E-state index is -1.52. The zero-order valence-corrected chi connectivity index (χ0v) is 38.4. The second kappa shape index (κ2) is 41.7. The predicted molar refractivity (Wildman–Crippen MR) is 244 cm³/mol. The molecule has 0 aromatic heterocycles. The first-order valence-corrected chi connectivity index (χ1v) is 23.5. The van der Waals surface area contributed by atoms with Gasteiger partial charge < -0.3 is 28.5 Å². The van der Waals surface area contributed by atoms with Crippen molar-refractivity contribution in [1.29, 1.82) is 0 Å². The van der Waals surface area contributed by atoms with E-state index in [1.807, 2.05) is 21.1 Å². The number of nitrogens with zero attached hydrogens (tertiary/aromatic N) is 1. The van der Waals surface area contributed by atoms with Crippen LogP contribution in [0.4, 0.5) is 0 Å². The molecule has 0 aliphatic heterocycles. The Morgan fingerprint density at radius 3 is 1.46 bits per heavy atom. The Morgan fingerprint density at radius 2 is 0.966 bits per heavy atom. The van der Waals surface area contributed by atoms with Crippen LogP contribution in [0.3, 0.4) is 0 Å². The van der Waals surface area contributed by atoms with Crippen LogP contribution in [0.2, 0.25) is 0 Å². The summed E-state index contributed by atoms with van der Waals surface area (Å²) in [5, 5.41) is 9.64. The monoisotopic (exact) mass is 831 g/mol. The Bertz CT molecular complexity index is 1150. The Hall–Kier alpha value is -3.01. The van der Waals surface area contributed by atoms with E-state index in [-0.39, 0.29) is 38.6 Å². The third-order valence-electron chi connectivity index (χ3n) is 9.76. The number of carboxylic acids is 1. The summed E-state index contributed by atoms with van der Waals surface area (Å²) in [7, 11) is 5.94. The Kier molecular flexibility index (Phi) is 39.6. The van der Waals surface area contributed by atoms with E-state index in [1.54, 1.807) is 0 Å². The molecule has 2 unspecified atom stereocenters. The van der Waals surface area contributed by atoms with Crippen LogP contribution in [0.25, 0.3) is 0 Å². The Balaban J connectivity index is 4.46. The molecule has 0 aliphatic carbocycles. The summed E-state index contributed by atoms with van der Waals surface area (Å²) in [6.45, 7) is 4.72. The number of hydrogen-bond acceptors (Lipinski definition) is 7. The van der Waals surface area contributed by atoms with Gasteiger partial charge in [-0.3, -0.25) is 9.59 Å². The van der Waals surface area contributed by atoms with Crippen molar-refractivity contribution in [3.8, 4) is 0 Å². The fourth-order valence-electron chi connectivity index (χ4n) is 6.11. The number of likely N-dealkylation sites (N-methyl/N-ethyl adjacent to an activating group) is 1. The van der Waals surface area contributed by atoms with Crippen LogP contribution in [-0.4, -0.2) is 87.4 Å². The highest BCUT2D eigenvalue weighted by Crippen LogP contribution is 2.13. The zero-order valence-electron chi connectivity index (χ0n) is 38.4. The van der Waals surface area contributed by atoms with Crippen molar-refractivity contribution in [3.63, 3.8) is 0 Å². The van der Waals surface area contributed by atoms with Crippen molar-refractivity contribution in [2.45, 2.75) is 193 Å². The number of allylic oxidation sites excluding steroid dienone is 10. The van der Waals surface area contributed by atoms with Gasteiger partial charge in [-0.15, -0.1) is 0 Å². The molecule has 9 heteroatoms. The molecule has 0 radical (unpaired) electrons. The van der Waals surface area contributed by atoms with E-state index in [2.05, 4.69) is 74.6 Å². The fourth-order valence-corrected chi connectivity index (χ4v) is 6.11. The van der Waals surface area contributed by atoms with Gasteiger partial charge in [0.25, 0.3) is 6.29 Å². The lowest BCUT2D eigenvalue weighted by Crippen LogP contribution is -2.40. The van der Waals surface area contributed by atoms with Crippen molar-refractivity contribution >= 4 is 17.9 Å². The SMILES string of the molecule is CC/C=C\C/C=C\C/C=C\C/C=C\CCCCCCCCC(=O)OC(COC(=O)CCCCCCC/C=C\CCCCCCCC)COC(OCC[N+](C)(C)C)C(=O)O. The van der Waals surface area contributed by atoms with Gasteiger partial charge in [0.2, 0.25) is 0 Å². The van der Waals surface area contributed by atoms with E-state index in [1.165, 1.54) is 44.9 Å². The fraction of sp³-hybridized carbons (Fsp3) is 0.740. The molecule has 0 spiro atoms. The number of unbranched alkanes of at least 4 members (excludes halogenated alkanes) is 17. The lowest BCUT2D eigenvalue weighted by molar-refractivity contribution is -0.870. The Labute approximate surface area is 361 Å². The lowest BCUT2D eigenvalue weighted by Gasteiger charge is -2.25. The van der Waals surface area contributed by atoms with Gasteiger partial charge in [-0.2, -0.15) is 0 Å². The smallest absolute Gasteiger partial charge is 0.361 e. The highest BCUT2D eigenvalue weighted by molar-refractivity contribution is 5.71. The van der Waals surface area contributed by atoms with Gasteiger partial charge in [0, 0.05) is 12.8 Å². The van der Waals surface area contributed by atoms with Crippen molar-refractivity contribution in [1.82, 2.24) is 0 Å². The maximum atomic E-state index is 12.8. The van der Waals surface area contributed by atoms with E-state index in [0.29, 0.717) is 17.4 Å². The summed E-state index contributed by atoms with van der Waals surface area (Å²) in [5.74, 6) is -2.04. The van der Waals surface area contributed by atoms with Crippen molar-refractivity contribution in [3.05, 3.63) is 60.8 Å². The molecule has 0 fully saturated rings. The first-order chi connectivity index (χ1) is 28.6. The first-order valence-electron chi connectivity index (χ1n) is 23.5. The van der Waals surface area contributed by atoms with Gasteiger partial charge in [-0.1, -0.05) is 152 Å². The molecule has 59 heavy (non-hydrogen) atoms. The van der Waals surface area contributed by atoms with Crippen LogP contribution in [0.1, 0.15) is 181 Å². The number of rotatable bonds is 42. The third-order valence-corrected chi connectivity index (χ3v) is 9.76. The van der Waals surface area contributed by atoms with Crippen LogP contribution in [0.5, 0.6) is 0 Å². The van der Waals surface area contributed by atoms with E-state index < -0.39 is 24.3 Å². The quantitative estimate of drug-likeness (QED) is 0.0213. The highest BCUT2D eigenvalue weighted by Gasteiger charge is 2.25. The summed E-state index contributed by atoms with van der Waals surface area (Å²) in [5.41, 5.74) is 0. The number of carbonyl (C=O) groups is 3. The first kappa shape index (κ1) is 56.0. The van der Waals surface area contributed by atoms with Gasteiger partial charge in [0.1, 0.15) is 13.2 Å². The van der Waals surface area contributed by atoms with E-state index >= 15 is 0 Å². The average molecular weight is 831 g/mol. The summed E-state index contributed by atoms with van der Waals surface area (Å²) in [6.07, 6.45) is 47.0. The molecule has 0 bridgehead atoms. The van der Waals surface area contributed by atoms with Gasteiger partial charge in [0.05, 0.1) is 34.4 Å². The minimum absolute atomic E-state index is 0.181. The van der Waals surface area contributed by atoms with Gasteiger partial charge >= 0.3 is 17.9 Å². The number of carbonyl (C=O) groups excluding carboxylic acids is 2. The average Bonchev–Trinajstić information content (AvgIpc) is 3.19. The molecule has 1 N–H and O–H groups in total. The van der Waals surface area contributed by atoms with Crippen LogP contribution in [0.15, 0.2) is 60.8 Å². The molecule has 2 atom stereocenters. The van der Waals surface area contributed by atoms with E-state index in [9.17, 15) is 19.5 Å². The van der Waals surface area contributed by atoms with Crippen LogP contribution in [-0.2, 0) is 33.3 Å². The molecule has 0 rings (SSSR count). The Morgan fingerprint density at radius 1 is 0.525 bits per heavy atom. The number of hydrogen-bond donors (Lipinski definition) is 1. The summed E-state index contributed by atoms with van der Waals surface area (Å²) < 4.78 is 22.7. The summed E-state index contributed by atoms with van der Waals surface area (Å²) in [4.78, 5) is 37.2. The molecular weight excluding hydrogens is 743 g/mol. The predicted octanol–water partition coefficient (Wildman–Crippen LogP) is 12.6. The standard InChI is InChI=1S/C50H87NO8/c1-6-8-10-12-14-16-18-20-22-23-24-25-27-29-31-33-35-37-39-41-48(53)59-46(45-58-50(49(54)55)56-43-42-51(3,4)5)44-57-47(52)40-38-36-34-32-30-28-26-21-19-17-15-13-11-9-7-2/h8,10,14,16,20-22,24-26,46,50H,6-7,9,11-13,15,17-19,23,27-45H2,1-5H3/p+1/b10-8-,16-14-,22-20-,25-24-,26-21-. The van der Waals surface area contributed by atoms with Crippen LogP contribution in [0, 0.1) is 0 Å². The normalized spacial score (nSPS) is 13.4. The number of ether oxygens (including phenoxy) is 4. The van der Waals surface area contributed by atoms with Gasteiger partial charge in [-0.05, 0) is 77.0 Å². The van der Waals surface area contributed by atoms with Crippen molar-refractivity contribution < 1.29 is 42.9 Å². The maximum Gasteiger partial charge on any atom is 0.361 e. The highest BCUT2D eigenvalue weighted by atomic mass is 16.7. The molecule has 0 aromatic carbocycles. The molecule has 0 amide bonds. The molecule has 340 valence electrons. The van der Waals surface area contributed by atoms with Gasteiger partial charge in [0.15, 0.2) is 6.10 Å². The molecule has 0 aromatic rings. The lowest BCUT2D eigenvalue weighted by atomic mass is 10.1. The largest absolute Gasteiger partial charge is 0.477 e. The number of esters is 2. The topological polar surface area (TPSA) is 108 Å². The maximum absolute atomic E-state index is 12.8. The molecular formula is C50H88NO8+. The molecule has 0 saturated carbocycles. The van der Waals surface area contributed by atoms with E-state index in [4.69, 9.17) is 18.9 Å². The third kappa shape index (κ3) is 42.9. The second-order valence-corrected chi connectivity index (χ2v) is 16.7.